The molecule has 2 heteroatoms. The molecule has 0 unspecified atom stereocenters. The maximum atomic E-state index is 5.45. The molecular weight excluding hydrogens is 258 g/mol. The minimum atomic E-state index is 0.836. The third-order valence-corrected chi connectivity index (χ3v) is 4.12. The van der Waals surface area contributed by atoms with E-state index in [-0.39, 0.29) is 0 Å². The van der Waals surface area contributed by atoms with Gasteiger partial charge in [-0.2, -0.15) is 0 Å². The van der Waals surface area contributed by atoms with E-state index in [2.05, 4.69) is 54.6 Å². The van der Waals surface area contributed by atoms with Crippen LogP contribution < -0.4 is 0 Å². The zero-order valence-corrected chi connectivity index (χ0v) is 11.2. The van der Waals surface area contributed by atoms with Gasteiger partial charge in [0.2, 0.25) is 0 Å². The maximum absolute atomic E-state index is 5.45. The number of furan rings is 1. The Morgan fingerprint density at radius 3 is 2.57 bits per heavy atom. The highest BCUT2D eigenvalue weighted by Gasteiger charge is 2.08. The van der Waals surface area contributed by atoms with Gasteiger partial charge in [0.05, 0.1) is 11.8 Å². The van der Waals surface area contributed by atoms with Gasteiger partial charge >= 0.3 is 0 Å². The summed E-state index contributed by atoms with van der Waals surface area (Å²) in [5, 5.41) is 6.07. The third-order valence-electron chi connectivity index (χ3n) is 4.12. The zero-order valence-electron chi connectivity index (χ0n) is 11.2. The molecule has 0 saturated carbocycles. The second kappa shape index (κ2) is 3.83. The van der Waals surface area contributed by atoms with Crippen LogP contribution in [0.2, 0.25) is 0 Å². The molecule has 0 aliphatic carbocycles. The van der Waals surface area contributed by atoms with Gasteiger partial charge in [0.25, 0.3) is 0 Å². The molecule has 0 atom stereocenters. The number of benzene rings is 3. The Balaban J connectivity index is 2.05. The molecule has 0 spiro atoms. The second-order valence-corrected chi connectivity index (χ2v) is 5.31. The Bertz CT molecular complexity index is 1140. The van der Waals surface area contributed by atoms with E-state index in [1.54, 1.807) is 6.26 Å². The van der Waals surface area contributed by atoms with E-state index in [1.165, 1.54) is 21.5 Å². The zero-order chi connectivity index (χ0) is 13.8. The van der Waals surface area contributed by atoms with Gasteiger partial charge in [-0.05, 0) is 22.2 Å². The number of rotatable bonds is 0. The molecule has 21 heavy (non-hydrogen) atoms. The first-order valence-electron chi connectivity index (χ1n) is 6.99. The Morgan fingerprint density at radius 1 is 0.714 bits per heavy atom. The van der Waals surface area contributed by atoms with Crippen LogP contribution in [-0.4, -0.2) is 4.98 Å². The predicted octanol–water partition coefficient (Wildman–Crippen LogP) is 5.29. The number of hydrogen-bond donors (Lipinski definition) is 0. The van der Waals surface area contributed by atoms with E-state index in [0.29, 0.717) is 0 Å². The van der Waals surface area contributed by atoms with Crippen molar-refractivity contribution in [2.24, 2.45) is 0 Å². The quantitative estimate of drug-likeness (QED) is 0.357. The highest BCUT2D eigenvalue weighted by atomic mass is 16.3. The van der Waals surface area contributed by atoms with Crippen LogP contribution in [-0.2, 0) is 0 Å². The average molecular weight is 269 g/mol. The smallest absolute Gasteiger partial charge is 0.152 e. The van der Waals surface area contributed by atoms with Crippen LogP contribution in [0.5, 0.6) is 0 Å². The molecule has 0 N–H and O–H groups in total. The fourth-order valence-corrected chi connectivity index (χ4v) is 3.11. The lowest BCUT2D eigenvalue weighted by Gasteiger charge is -2.06. The van der Waals surface area contributed by atoms with E-state index in [9.17, 15) is 0 Å². The summed E-state index contributed by atoms with van der Waals surface area (Å²) in [6.45, 7) is 0. The monoisotopic (exact) mass is 269 g/mol. The van der Waals surface area contributed by atoms with Gasteiger partial charge < -0.3 is 4.42 Å². The first-order chi connectivity index (χ1) is 10.4. The van der Waals surface area contributed by atoms with Gasteiger partial charge in [-0.15, -0.1) is 0 Å². The molecular formula is C19H11NO. The van der Waals surface area contributed by atoms with Gasteiger partial charge in [-0.3, -0.25) is 0 Å². The Kier molecular flexibility index (Phi) is 1.98. The molecule has 0 saturated heterocycles. The van der Waals surface area contributed by atoms with Crippen LogP contribution in [0.4, 0.5) is 0 Å². The van der Waals surface area contributed by atoms with E-state index >= 15 is 0 Å². The Morgan fingerprint density at radius 2 is 1.57 bits per heavy atom. The van der Waals surface area contributed by atoms with Crippen molar-refractivity contribution in [1.82, 2.24) is 4.98 Å². The summed E-state index contributed by atoms with van der Waals surface area (Å²) >= 11 is 0. The molecule has 0 radical (unpaired) electrons. The van der Waals surface area contributed by atoms with Crippen LogP contribution in [0.25, 0.3) is 43.5 Å². The van der Waals surface area contributed by atoms with Crippen LogP contribution in [0.3, 0.4) is 0 Å². The normalized spacial score (nSPS) is 11.8. The first-order valence-corrected chi connectivity index (χ1v) is 6.99. The van der Waals surface area contributed by atoms with Gasteiger partial charge in [-0.25, -0.2) is 4.98 Å². The highest BCUT2D eigenvalue weighted by Crippen LogP contribution is 2.31. The predicted molar refractivity (Wildman–Crippen MR) is 86.5 cm³/mol. The number of pyridine rings is 1. The van der Waals surface area contributed by atoms with Crippen molar-refractivity contribution in [3.05, 3.63) is 66.9 Å². The van der Waals surface area contributed by atoms with Crippen molar-refractivity contribution in [3.63, 3.8) is 0 Å². The van der Waals surface area contributed by atoms with Crippen molar-refractivity contribution in [2.45, 2.75) is 0 Å². The van der Waals surface area contributed by atoms with Crippen molar-refractivity contribution >= 4 is 43.5 Å². The molecule has 2 heterocycles. The van der Waals surface area contributed by atoms with Gasteiger partial charge in [0.1, 0.15) is 5.52 Å². The first kappa shape index (κ1) is 10.9. The average Bonchev–Trinajstić information content (AvgIpc) is 2.99. The largest absolute Gasteiger partial charge is 0.463 e. The fourth-order valence-electron chi connectivity index (χ4n) is 3.11. The SMILES string of the molecule is c1ccc2c(c1)ccc1c2ccc2cc3occc3nc21. The van der Waals surface area contributed by atoms with Crippen LogP contribution in [0.15, 0.2) is 71.3 Å². The van der Waals surface area contributed by atoms with Crippen molar-refractivity contribution < 1.29 is 4.42 Å². The lowest BCUT2D eigenvalue weighted by molar-refractivity contribution is 0.616. The Hall–Kier alpha value is -2.87. The maximum Gasteiger partial charge on any atom is 0.152 e. The van der Waals surface area contributed by atoms with E-state index in [4.69, 9.17) is 9.40 Å². The van der Waals surface area contributed by atoms with Crippen molar-refractivity contribution in [2.75, 3.05) is 0 Å². The highest BCUT2D eigenvalue weighted by molar-refractivity contribution is 6.16. The molecule has 0 amide bonds. The van der Waals surface area contributed by atoms with E-state index < -0.39 is 0 Å². The van der Waals surface area contributed by atoms with Crippen LogP contribution >= 0.6 is 0 Å². The minimum Gasteiger partial charge on any atom is -0.463 e. The van der Waals surface area contributed by atoms with E-state index in [1.807, 2.05) is 6.07 Å². The van der Waals surface area contributed by atoms with Crippen LogP contribution in [0.1, 0.15) is 0 Å². The molecule has 0 aliphatic rings. The summed E-state index contributed by atoms with van der Waals surface area (Å²) in [6, 6.07) is 21.1. The number of aromatic nitrogens is 1. The van der Waals surface area contributed by atoms with Gasteiger partial charge in [-0.1, -0.05) is 48.5 Å². The summed E-state index contributed by atoms with van der Waals surface area (Å²) in [5.74, 6) is 0. The van der Waals surface area contributed by atoms with Gasteiger partial charge in [0.15, 0.2) is 5.58 Å². The number of fused-ring (bicyclic) bond motifs is 6. The topological polar surface area (TPSA) is 26.0 Å². The molecule has 5 rings (SSSR count). The molecule has 2 nitrogen and oxygen atoms in total. The number of hydrogen-bond acceptors (Lipinski definition) is 2. The summed E-state index contributed by atoms with van der Waals surface area (Å²) in [6.07, 6.45) is 1.69. The summed E-state index contributed by atoms with van der Waals surface area (Å²) in [4.78, 5) is 4.78. The van der Waals surface area contributed by atoms with Crippen LogP contribution in [0, 0.1) is 0 Å². The Labute approximate surface area is 120 Å². The molecule has 2 aromatic heterocycles. The molecule has 0 bridgehead atoms. The van der Waals surface area contributed by atoms with Crippen molar-refractivity contribution in [1.29, 1.82) is 0 Å². The molecule has 98 valence electrons. The molecule has 3 aromatic carbocycles. The van der Waals surface area contributed by atoms with E-state index in [0.717, 1.165) is 22.0 Å². The lowest BCUT2D eigenvalue weighted by atomic mass is 9.99. The second-order valence-electron chi connectivity index (χ2n) is 5.31. The fraction of sp³-hybridized carbons (Fsp3) is 0. The summed E-state index contributed by atoms with van der Waals surface area (Å²) in [7, 11) is 0. The summed E-state index contributed by atoms with van der Waals surface area (Å²) in [5.41, 5.74) is 2.78. The number of nitrogens with zero attached hydrogens (tertiary/aromatic N) is 1. The van der Waals surface area contributed by atoms with Crippen molar-refractivity contribution in [3.8, 4) is 0 Å². The standard InChI is InChI=1S/C19H11NO/c1-2-4-14-12(3-1)5-8-16-15(14)7-6-13-11-18-17(9-10-21-18)20-19(13)16/h1-11H. The summed E-state index contributed by atoms with van der Waals surface area (Å²) < 4.78 is 5.45. The lowest BCUT2D eigenvalue weighted by Crippen LogP contribution is -1.84. The molecule has 0 fully saturated rings. The van der Waals surface area contributed by atoms with Gasteiger partial charge in [0, 0.05) is 16.8 Å². The minimum absolute atomic E-state index is 0.836. The third kappa shape index (κ3) is 1.44. The molecule has 5 aromatic rings. The molecule has 0 aliphatic heterocycles.